The van der Waals surface area contributed by atoms with Crippen LogP contribution < -0.4 is 5.73 Å². The summed E-state index contributed by atoms with van der Waals surface area (Å²) in [6.07, 6.45) is 1.23. The van der Waals surface area contributed by atoms with Gasteiger partial charge in [0, 0.05) is 30.4 Å². The van der Waals surface area contributed by atoms with Crippen molar-refractivity contribution in [2.75, 3.05) is 32.5 Å². The van der Waals surface area contributed by atoms with Gasteiger partial charge in [0.2, 0.25) is 0 Å². The summed E-state index contributed by atoms with van der Waals surface area (Å²) in [4.78, 5) is 2.46. The molecule has 0 radical (unpaired) electrons. The van der Waals surface area contributed by atoms with Crippen molar-refractivity contribution in [2.24, 2.45) is 5.92 Å². The monoisotopic (exact) mass is 298 g/mol. The first kappa shape index (κ1) is 12.9. The van der Waals surface area contributed by atoms with Gasteiger partial charge in [-0.05, 0) is 42.6 Å². The third-order valence-electron chi connectivity index (χ3n) is 3.16. The molecule has 1 unspecified atom stereocenters. The molecule has 1 aliphatic rings. The van der Waals surface area contributed by atoms with Crippen LogP contribution >= 0.6 is 15.9 Å². The van der Waals surface area contributed by atoms with Gasteiger partial charge in [0.15, 0.2) is 0 Å². The van der Waals surface area contributed by atoms with E-state index in [9.17, 15) is 0 Å². The smallest absolute Gasteiger partial charge is 0.0503 e. The number of halogens is 1. The lowest BCUT2D eigenvalue weighted by atomic mass is 10.1. The third-order valence-corrected chi connectivity index (χ3v) is 3.62. The van der Waals surface area contributed by atoms with Crippen molar-refractivity contribution in [2.45, 2.75) is 13.0 Å². The van der Waals surface area contributed by atoms with Gasteiger partial charge < -0.3 is 10.5 Å². The SMILES string of the molecule is COCC1CCN(Cc2cc(N)cc(Br)c2)C1. The molecule has 1 aromatic rings. The van der Waals surface area contributed by atoms with Gasteiger partial charge in [-0.2, -0.15) is 0 Å². The summed E-state index contributed by atoms with van der Waals surface area (Å²) in [5, 5.41) is 0. The van der Waals surface area contributed by atoms with Crippen molar-refractivity contribution in [3.8, 4) is 0 Å². The second-order valence-electron chi connectivity index (χ2n) is 4.74. The number of likely N-dealkylation sites (tertiary alicyclic amines) is 1. The lowest BCUT2D eigenvalue weighted by Crippen LogP contribution is -2.21. The maximum atomic E-state index is 5.84. The number of benzene rings is 1. The van der Waals surface area contributed by atoms with Crippen LogP contribution in [-0.2, 0) is 11.3 Å². The number of methoxy groups -OCH3 is 1. The fourth-order valence-electron chi connectivity index (χ4n) is 2.45. The first-order valence-corrected chi connectivity index (χ1v) is 6.73. The highest BCUT2D eigenvalue weighted by Crippen LogP contribution is 2.22. The summed E-state index contributed by atoms with van der Waals surface area (Å²) in [6.45, 7) is 4.13. The molecule has 0 spiro atoms. The van der Waals surface area contributed by atoms with Crippen molar-refractivity contribution >= 4 is 21.6 Å². The molecule has 2 rings (SSSR count). The largest absolute Gasteiger partial charge is 0.399 e. The fraction of sp³-hybridized carbons (Fsp3) is 0.538. The minimum atomic E-state index is 0.685. The van der Waals surface area contributed by atoms with Gasteiger partial charge in [-0.15, -0.1) is 0 Å². The van der Waals surface area contributed by atoms with E-state index in [1.807, 2.05) is 6.07 Å². The second kappa shape index (κ2) is 5.85. The van der Waals surface area contributed by atoms with E-state index in [4.69, 9.17) is 10.5 Å². The molecule has 0 bridgehead atoms. The predicted molar refractivity (Wildman–Crippen MR) is 73.8 cm³/mol. The van der Waals surface area contributed by atoms with Crippen molar-refractivity contribution in [3.63, 3.8) is 0 Å². The zero-order valence-electron chi connectivity index (χ0n) is 10.2. The van der Waals surface area contributed by atoms with Crippen LogP contribution in [0.5, 0.6) is 0 Å². The number of nitrogens with zero attached hydrogens (tertiary/aromatic N) is 1. The molecule has 0 saturated carbocycles. The molecular formula is C13H19BrN2O. The van der Waals surface area contributed by atoms with Crippen molar-refractivity contribution in [3.05, 3.63) is 28.2 Å². The van der Waals surface area contributed by atoms with Crippen LogP contribution in [0.25, 0.3) is 0 Å². The van der Waals surface area contributed by atoms with Crippen LogP contribution in [0, 0.1) is 5.92 Å². The lowest BCUT2D eigenvalue weighted by molar-refractivity contribution is 0.152. The summed E-state index contributed by atoms with van der Waals surface area (Å²) < 4.78 is 6.26. The Morgan fingerprint density at radius 2 is 2.29 bits per heavy atom. The predicted octanol–water partition coefficient (Wildman–Crippen LogP) is 2.50. The van der Waals surface area contributed by atoms with Crippen LogP contribution in [0.1, 0.15) is 12.0 Å². The maximum absolute atomic E-state index is 5.84. The average Bonchev–Trinajstić information content (AvgIpc) is 2.64. The number of rotatable bonds is 4. The first-order valence-electron chi connectivity index (χ1n) is 5.93. The molecule has 2 N–H and O–H groups in total. The highest BCUT2D eigenvalue weighted by atomic mass is 79.9. The fourth-order valence-corrected chi connectivity index (χ4v) is 3.01. The number of anilines is 1. The van der Waals surface area contributed by atoms with E-state index in [0.29, 0.717) is 5.92 Å². The van der Waals surface area contributed by atoms with Crippen LogP contribution in [0.4, 0.5) is 5.69 Å². The minimum absolute atomic E-state index is 0.685. The zero-order chi connectivity index (χ0) is 12.3. The Morgan fingerprint density at radius 1 is 1.47 bits per heavy atom. The molecule has 94 valence electrons. The molecule has 1 aliphatic heterocycles. The minimum Gasteiger partial charge on any atom is -0.399 e. The van der Waals surface area contributed by atoms with Gasteiger partial charge in [0.25, 0.3) is 0 Å². The lowest BCUT2D eigenvalue weighted by Gasteiger charge is -2.16. The molecule has 0 aromatic heterocycles. The van der Waals surface area contributed by atoms with E-state index < -0.39 is 0 Å². The molecule has 4 heteroatoms. The van der Waals surface area contributed by atoms with Crippen LogP contribution in [-0.4, -0.2) is 31.7 Å². The van der Waals surface area contributed by atoms with Crippen LogP contribution in [0.15, 0.2) is 22.7 Å². The van der Waals surface area contributed by atoms with Gasteiger partial charge in [0.1, 0.15) is 0 Å². The van der Waals surface area contributed by atoms with Gasteiger partial charge in [-0.1, -0.05) is 15.9 Å². The van der Waals surface area contributed by atoms with Gasteiger partial charge in [-0.25, -0.2) is 0 Å². The Balaban J connectivity index is 1.93. The zero-order valence-corrected chi connectivity index (χ0v) is 11.7. The molecular weight excluding hydrogens is 280 g/mol. The highest BCUT2D eigenvalue weighted by Gasteiger charge is 2.22. The van der Waals surface area contributed by atoms with E-state index >= 15 is 0 Å². The number of ether oxygens (including phenoxy) is 1. The summed E-state index contributed by atoms with van der Waals surface area (Å²) in [5.41, 5.74) is 7.93. The second-order valence-corrected chi connectivity index (χ2v) is 5.65. The van der Waals surface area contributed by atoms with Gasteiger partial charge >= 0.3 is 0 Å². The van der Waals surface area contributed by atoms with Crippen LogP contribution in [0.3, 0.4) is 0 Å². The first-order chi connectivity index (χ1) is 8.17. The topological polar surface area (TPSA) is 38.5 Å². The molecule has 1 heterocycles. The van der Waals surface area contributed by atoms with E-state index in [-0.39, 0.29) is 0 Å². The Bertz CT molecular complexity index is 363. The number of nitrogens with two attached hydrogens (primary N) is 1. The van der Waals surface area contributed by atoms with Crippen molar-refractivity contribution < 1.29 is 4.74 Å². The Kier molecular flexibility index (Phi) is 4.42. The summed E-state index contributed by atoms with van der Waals surface area (Å²) in [5.74, 6) is 0.685. The summed E-state index contributed by atoms with van der Waals surface area (Å²) in [6, 6.07) is 6.12. The number of nitrogen functional groups attached to an aromatic ring is 1. The molecule has 1 saturated heterocycles. The molecule has 0 aliphatic carbocycles. The quantitative estimate of drug-likeness (QED) is 0.868. The molecule has 1 fully saturated rings. The molecule has 1 atom stereocenters. The molecule has 1 aromatic carbocycles. The number of hydrogen-bond donors (Lipinski definition) is 1. The molecule has 3 nitrogen and oxygen atoms in total. The Hall–Kier alpha value is -0.580. The normalized spacial score (nSPS) is 20.9. The van der Waals surface area contributed by atoms with E-state index in [0.717, 1.165) is 36.4 Å². The van der Waals surface area contributed by atoms with E-state index in [1.54, 1.807) is 7.11 Å². The van der Waals surface area contributed by atoms with Crippen molar-refractivity contribution in [1.29, 1.82) is 0 Å². The van der Waals surface area contributed by atoms with Gasteiger partial charge in [-0.3, -0.25) is 4.90 Å². The van der Waals surface area contributed by atoms with Crippen LogP contribution in [0.2, 0.25) is 0 Å². The van der Waals surface area contributed by atoms with E-state index in [1.165, 1.54) is 12.0 Å². The van der Waals surface area contributed by atoms with E-state index in [2.05, 4.69) is 33.0 Å². The Morgan fingerprint density at radius 3 is 3.00 bits per heavy atom. The number of hydrogen-bond acceptors (Lipinski definition) is 3. The summed E-state index contributed by atoms with van der Waals surface area (Å²) >= 11 is 3.48. The van der Waals surface area contributed by atoms with Crippen molar-refractivity contribution in [1.82, 2.24) is 4.90 Å². The highest BCUT2D eigenvalue weighted by molar-refractivity contribution is 9.10. The third kappa shape index (κ3) is 3.69. The average molecular weight is 299 g/mol. The molecule has 0 amide bonds. The van der Waals surface area contributed by atoms with Gasteiger partial charge in [0.05, 0.1) is 6.61 Å². The summed E-state index contributed by atoms with van der Waals surface area (Å²) in [7, 11) is 1.78. The maximum Gasteiger partial charge on any atom is 0.0503 e. The standard InChI is InChI=1S/C13H19BrN2O/c1-17-9-10-2-3-16(7-10)8-11-4-12(14)6-13(15)5-11/h4-6,10H,2-3,7-9,15H2,1H3. The molecule has 17 heavy (non-hydrogen) atoms. The Labute approximate surface area is 111 Å².